The summed E-state index contributed by atoms with van der Waals surface area (Å²) >= 11 is 1.27. The summed E-state index contributed by atoms with van der Waals surface area (Å²) in [6, 6.07) is 0. The number of aliphatic carboxylic acids is 1. The maximum Gasteiger partial charge on any atom is 1.00 e. The van der Waals surface area contributed by atoms with Crippen LogP contribution in [-0.2, 0) is 20.6 Å². The Kier molecular flexibility index (Phi) is 7.62. The van der Waals surface area contributed by atoms with Gasteiger partial charge in [0.2, 0.25) is 0 Å². The minimum Gasteiger partial charge on any atom is -0.543 e. The van der Waals surface area contributed by atoms with Gasteiger partial charge in [0.15, 0.2) is 8.32 Å². The van der Waals surface area contributed by atoms with Crippen LogP contribution in [0, 0.1) is 0 Å². The molecule has 29 heavy (non-hydrogen) atoms. The number of β-lactam (4-membered cyclic amide) rings is 1. The second-order valence-corrected chi connectivity index (χ2v) is 14.2. The number of fused-ring (bicyclic) bond motifs is 1. The predicted octanol–water partition coefficient (Wildman–Crippen LogP) is -1.42. The van der Waals surface area contributed by atoms with Crippen LogP contribution in [0.3, 0.4) is 0 Å². The molecule has 1 aromatic rings. The van der Waals surface area contributed by atoms with Crippen molar-refractivity contribution in [3.05, 3.63) is 28.6 Å². The molecular weight excluding hydrogens is 419 g/mol. The minimum atomic E-state index is -1.74. The van der Waals surface area contributed by atoms with Crippen molar-refractivity contribution in [2.75, 3.05) is 6.61 Å². The fraction of sp³-hybridized carbons (Fsp3) is 0.556. The van der Waals surface area contributed by atoms with Gasteiger partial charge in [0.1, 0.15) is 11.1 Å². The predicted molar refractivity (Wildman–Crippen MR) is 107 cm³/mol. The molecule has 2 aliphatic heterocycles. The Bertz CT molecular complexity index is 862. The number of carbonyl (C=O) groups is 2. The number of rotatable bonds is 7. The van der Waals surface area contributed by atoms with E-state index in [4.69, 9.17) is 4.43 Å². The Balaban J connectivity index is 0.00000300. The van der Waals surface area contributed by atoms with Gasteiger partial charge in [-0.2, -0.15) is 0 Å². The molecule has 1 atom stereocenters. The number of hydrogen-bond donors (Lipinski definition) is 0. The molecule has 0 saturated carbocycles. The largest absolute Gasteiger partial charge is 1.00 e. The molecule has 1 amide bonds. The van der Waals surface area contributed by atoms with Crippen molar-refractivity contribution in [1.82, 2.24) is 19.9 Å². The van der Waals surface area contributed by atoms with E-state index in [2.05, 4.69) is 44.2 Å². The number of carbonyl (C=O) groups excluding carboxylic acids is 2. The third kappa shape index (κ3) is 5.05. The van der Waals surface area contributed by atoms with Gasteiger partial charge in [-0.15, -0.1) is 16.9 Å². The van der Waals surface area contributed by atoms with E-state index in [0.717, 1.165) is 6.42 Å². The van der Waals surface area contributed by atoms with E-state index in [1.807, 2.05) is 0 Å². The van der Waals surface area contributed by atoms with Crippen molar-refractivity contribution in [1.29, 1.82) is 0 Å². The van der Waals surface area contributed by atoms with Crippen molar-refractivity contribution in [3.63, 3.8) is 0 Å². The first-order chi connectivity index (χ1) is 13.0. The zero-order valence-electron chi connectivity index (χ0n) is 17.8. The quantitative estimate of drug-likeness (QED) is 0.220. The van der Waals surface area contributed by atoms with E-state index in [1.54, 1.807) is 17.0 Å². The smallest absolute Gasteiger partial charge is 0.543 e. The molecule has 8 nitrogen and oxygen atoms in total. The number of nitrogens with zero attached hydrogens (tertiary/aromatic N) is 4. The van der Waals surface area contributed by atoms with E-state index in [1.165, 1.54) is 22.1 Å². The Morgan fingerprint density at radius 2 is 2.10 bits per heavy atom. The van der Waals surface area contributed by atoms with Crippen molar-refractivity contribution < 1.29 is 48.7 Å². The number of amides is 1. The van der Waals surface area contributed by atoms with Gasteiger partial charge in [-0.3, -0.25) is 14.4 Å². The fourth-order valence-electron chi connectivity index (χ4n) is 2.68. The zero-order chi connectivity index (χ0) is 20.7. The van der Waals surface area contributed by atoms with Gasteiger partial charge in [-0.25, -0.2) is 0 Å². The van der Waals surface area contributed by atoms with E-state index in [0.29, 0.717) is 24.4 Å². The number of hydrogen-bond acceptors (Lipinski definition) is 7. The molecule has 1 aromatic heterocycles. The first-order valence-corrected chi connectivity index (χ1v) is 13.0. The molecule has 0 spiro atoms. The van der Waals surface area contributed by atoms with E-state index < -0.39 is 14.3 Å². The summed E-state index contributed by atoms with van der Waals surface area (Å²) in [5.74, 6) is -1.67. The number of aromatic nitrogens is 3. The van der Waals surface area contributed by atoms with Gasteiger partial charge >= 0.3 is 29.6 Å². The summed E-state index contributed by atoms with van der Waals surface area (Å²) in [6.45, 7) is 12.5. The van der Waals surface area contributed by atoms with Crippen LogP contribution >= 0.6 is 11.8 Å². The first-order valence-electron chi connectivity index (χ1n) is 9.17. The molecule has 0 bridgehead atoms. The van der Waals surface area contributed by atoms with Gasteiger partial charge in [0, 0.05) is 13.2 Å². The van der Waals surface area contributed by atoms with Crippen LogP contribution < -0.4 is 34.7 Å². The number of carboxylic acid groups (broad SMARTS) is 1. The van der Waals surface area contributed by atoms with Crippen molar-refractivity contribution in [3.8, 4) is 0 Å². The van der Waals surface area contributed by atoms with Crippen LogP contribution in [0.2, 0.25) is 18.1 Å². The van der Waals surface area contributed by atoms with Crippen molar-refractivity contribution in [2.24, 2.45) is 0 Å². The molecule has 1 saturated heterocycles. The zero-order valence-corrected chi connectivity index (χ0v) is 21.6. The molecule has 0 unspecified atom stereocenters. The number of aryl methyl sites for hydroxylation is 1. The molecular formula is C18H25N4NaO4SSi. The molecule has 3 rings (SSSR count). The molecule has 2 aliphatic rings. The van der Waals surface area contributed by atoms with Gasteiger partial charge in [-0.05, 0) is 36.0 Å². The number of carboxylic acids is 1. The van der Waals surface area contributed by atoms with Crippen LogP contribution in [0.15, 0.2) is 22.9 Å². The Morgan fingerprint density at radius 3 is 2.72 bits per heavy atom. The third-order valence-corrected chi connectivity index (χ3v) is 11.0. The van der Waals surface area contributed by atoms with E-state index in [-0.39, 0.29) is 51.6 Å². The maximum absolute atomic E-state index is 12.2. The SMILES string of the molecule is CC(C)(C)[Si](C)(C)OCCCn1cc(/C=C2\C(=O)N3C(C(=O)[O-])=CS[C@H]23)nn1.[Na+]. The number of thioether (sulfide) groups is 1. The van der Waals surface area contributed by atoms with E-state index >= 15 is 0 Å². The second-order valence-electron chi connectivity index (χ2n) is 8.42. The Morgan fingerprint density at radius 1 is 1.41 bits per heavy atom. The molecule has 1 fully saturated rings. The van der Waals surface area contributed by atoms with Gasteiger partial charge in [-0.1, -0.05) is 26.0 Å². The normalized spacial score (nSPS) is 20.2. The minimum absolute atomic E-state index is 0. The van der Waals surface area contributed by atoms with Crippen LogP contribution in [0.25, 0.3) is 6.08 Å². The summed E-state index contributed by atoms with van der Waals surface area (Å²) in [5.41, 5.74) is 1.02. The van der Waals surface area contributed by atoms with Gasteiger partial charge in [0.25, 0.3) is 5.91 Å². The summed E-state index contributed by atoms with van der Waals surface area (Å²) < 4.78 is 7.89. The molecule has 0 aromatic carbocycles. The third-order valence-electron chi connectivity index (χ3n) is 5.40. The standard InChI is InChI=1S/C18H26N4O4SSi.Na/c1-18(2,3)28(4,5)26-8-6-7-21-10-12(19-20-21)9-13-15(23)22-14(17(24)25)11-27-16(13)22;/h9-11,16H,6-8H2,1-5H3,(H,24,25);/q;+1/p-1/b13-9+;/t16-;/m1./s1. The molecule has 11 heteroatoms. The van der Waals surface area contributed by atoms with Crippen LogP contribution in [-0.4, -0.2) is 52.1 Å². The molecule has 152 valence electrons. The summed E-state index contributed by atoms with van der Waals surface area (Å²) in [5, 5.41) is 20.5. The maximum atomic E-state index is 12.2. The fourth-order valence-corrected chi connectivity index (χ4v) is 4.88. The second kappa shape index (κ2) is 9.07. The van der Waals surface area contributed by atoms with Crippen LogP contribution in [0.4, 0.5) is 0 Å². The van der Waals surface area contributed by atoms with Crippen LogP contribution in [0.1, 0.15) is 32.9 Å². The average Bonchev–Trinajstić information content (AvgIpc) is 3.20. The topological polar surface area (TPSA) is 100 Å². The van der Waals surface area contributed by atoms with E-state index in [9.17, 15) is 14.7 Å². The average molecular weight is 445 g/mol. The monoisotopic (exact) mass is 444 g/mol. The summed E-state index contributed by atoms with van der Waals surface area (Å²) in [4.78, 5) is 24.4. The van der Waals surface area contributed by atoms with Crippen LogP contribution in [0.5, 0.6) is 0 Å². The molecule has 0 N–H and O–H groups in total. The first kappa shape index (κ1) is 24.4. The summed E-state index contributed by atoms with van der Waals surface area (Å²) in [6.07, 6.45) is 4.27. The van der Waals surface area contributed by atoms with Gasteiger partial charge in [0.05, 0.1) is 23.4 Å². The summed E-state index contributed by atoms with van der Waals surface area (Å²) in [7, 11) is -1.74. The Labute approximate surface area is 198 Å². The molecule has 0 radical (unpaired) electrons. The van der Waals surface area contributed by atoms with Crippen molar-refractivity contribution >= 4 is 38.0 Å². The Hall–Kier alpha value is -0.913. The van der Waals surface area contributed by atoms with Gasteiger partial charge < -0.3 is 14.3 Å². The van der Waals surface area contributed by atoms with Crippen molar-refractivity contribution in [2.45, 2.75) is 57.2 Å². The molecule has 0 aliphatic carbocycles. The molecule has 3 heterocycles.